The largest absolute Gasteiger partial charge is 0.385 e. The maximum atomic E-state index is 5.93. The maximum absolute atomic E-state index is 5.93. The van der Waals surface area contributed by atoms with Gasteiger partial charge in [-0.1, -0.05) is 11.6 Å². The van der Waals surface area contributed by atoms with Crippen LogP contribution in [0.25, 0.3) is 11.2 Å². The fourth-order valence-electron chi connectivity index (χ4n) is 1.91. The number of imidazole rings is 1. The lowest BCUT2D eigenvalue weighted by molar-refractivity contribution is 0.190. The lowest BCUT2D eigenvalue weighted by Crippen LogP contribution is -2.07. The quantitative estimate of drug-likeness (QED) is 0.606. The van der Waals surface area contributed by atoms with Gasteiger partial charge in [-0.2, -0.15) is 0 Å². The van der Waals surface area contributed by atoms with Gasteiger partial charge in [0.05, 0.1) is 5.02 Å². The summed E-state index contributed by atoms with van der Waals surface area (Å²) < 4.78 is 7.16. The van der Waals surface area contributed by atoms with Gasteiger partial charge in [0.2, 0.25) is 0 Å². The van der Waals surface area contributed by atoms with Gasteiger partial charge in [-0.25, -0.2) is 9.97 Å². The Morgan fingerprint density at radius 2 is 2.28 bits per heavy atom. The van der Waals surface area contributed by atoms with Crippen molar-refractivity contribution in [3.8, 4) is 0 Å². The fourth-order valence-corrected chi connectivity index (χ4v) is 2.23. The van der Waals surface area contributed by atoms with Crippen LogP contribution in [0.4, 0.5) is 0 Å². The van der Waals surface area contributed by atoms with Crippen molar-refractivity contribution >= 4 is 34.4 Å². The van der Waals surface area contributed by atoms with Crippen molar-refractivity contribution in [3.63, 3.8) is 0 Å². The summed E-state index contributed by atoms with van der Waals surface area (Å²) in [5.41, 5.74) is 1.68. The molecule has 0 aliphatic carbocycles. The highest BCUT2D eigenvalue weighted by molar-refractivity contribution is 6.31. The second-order valence-corrected chi connectivity index (χ2v) is 4.78. The van der Waals surface area contributed by atoms with Crippen molar-refractivity contribution in [2.45, 2.75) is 19.4 Å². The van der Waals surface area contributed by atoms with E-state index in [1.807, 2.05) is 6.07 Å². The molecule has 0 aromatic carbocycles. The van der Waals surface area contributed by atoms with Gasteiger partial charge in [0.1, 0.15) is 11.3 Å². The molecular formula is C12H15Cl2N3O. The van der Waals surface area contributed by atoms with E-state index in [9.17, 15) is 0 Å². The van der Waals surface area contributed by atoms with Crippen LogP contribution in [0.2, 0.25) is 5.02 Å². The molecule has 0 fully saturated rings. The number of fused-ring (bicyclic) bond motifs is 1. The van der Waals surface area contributed by atoms with Crippen LogP contribution in [0.15, 0.2) is 12.3 Å². The predicted octanol–water partition coefficient (Wildman–Crippen LogP) is 2.90. The van der Waals surface area contributed by atoms with E-state index in [-0.39, 0.29) is 0 Å². The van der Waals surface area contributed by atoms with Gasteiger partial charge in [-0.15, -0.1) is 11.6 Å². The molecular weight excluding hydrogens is 273 g/mol. The molecule has 0 amide bonds. The minimum Gasteiger partial charge on any atom is -0.385 e. The standard InChI is InChI=1S/C12H15Cl2N3O/c1-18-6-2-5-17-11(3-4-13)16-10-7-9(14)8-15-12(10)17/h7-8H,2-6H2,1H3. The first-order chi connectivity index (χ1) is 8.76. The molecule has 0 unspecified atom stereocenters. The van der Waals surface area contributed by atoms with Crippen LogP contribution < -0.4 is 0 Å². The molecule has 0 saturated heterocycles. The average molecular weight is 288 g/mol. The third-order valence-corrected chi connectivity index (χ3v) is 3.07. The summed E-state index contributed by atoms with van der Waals surface area (Å²) in [4.78, 5) is 8.88. The highest BCUT2D eigenvalue weighted by Gasteiger charge is 2.11. The summed E-state index contributed by atoms with van der Waals surface area (Å²) in [6.45, 7) is 1.54. The monoisotopic (exact) mass is 287 g/mol. The van der Waals surface area contributed by atoms with E-state index in [0.29, 0.717) is 17.5 Å². The molecule has 2 heterocycles. The van der Waals surface area contributed by atoms with Gasteiger partial charge in [0.25, 0.3) is 0 Å². The zero-order valence-corrected chi connectivity index (χ0v) is 11.7. The normalized spacial score (nSPS) is 11.3. The van der Waals surface area contributed by atoms with E-state index < -0.39 is 0 Å². The Morgan fingerprint density at radius 3 is 3.00 bits per heavy atom. The average Bonchev–Trinajstić information content (AvgIpc) is 2.67. The number of aromatic nitrogens is 3. The second kappa shape index (κ2) is 6.36. The maximum Gasteiger partial charge on any atom is 0.160 e. The number of pyridine rings is 1. The number of halogens is 2. The van der Waals surface area contributed by atoms with Gasteiger partial charge < -0.3 is 9.30 Å². The Bertz CT molecular complexity index is 527. The van der Waals surface area contributed by atoms with Gasteiger partial charge in [0, 0.05) is 38.8 Å². The van der Waals surface area contributed by atoms with Crippen LogP contribution in [0.1, 0.15) is 12.2 Å². The van der Waals surface area contributed by atoms with Crippen LogP contribution >= 0.6 is 23.2 Å². The summed E-state index contributed by atoms with van der Waals surface area (Å²) in [5, 5.41) is 0.599. The van der Waals surface area contributed by atoms with E-state index in [0.717, 1.165) is 36.4 Å². The van der Waals surface area contributed by atoms with Gasteiger partial charge in [0.15, 0.2) is 5.65 Å². The molecule has 0 radical (unpaired) electrons. The summed E-state index contributed by atoms with van der Waals surface area (Å²) in [6, 6.07) is 1.83. The number of aryl methyl sites for hydroxylation is 2. The Kier molecular flexibility index (Phi) is 4.80. The molecule has 0 aliphatic heterocycles. The molecule has 2 aromatic rings. The van der Waals surface area contributed by atoms with Crippen LogP contribution in [0.3, 0.4) is 0 Å². The number of rotatable bonds is 6. The number of alkyl halides is 1. The number of hydrogen-bond acceptors (Lipinski definition) is 3. The fraction of sp³-hybridized carbons (Fsp3) is 0.500. The first-order valence-corrected chi connectivity index (χ1v) is 6.73. The van der Waals surface area contributed by atoms with E-state index in [1.54, 1.807) is 13.3 Å². The van der Waals surface area contributed by atoms with Crippen molar-refractivity contribution < 1.29 is 4.74 Å². The van der Waals surface area contributed by atoms with E-state index in [1.165, 1.54) is 0 Å². The second-order valence-electron chi connectivity index (χ2n) is 3.96. The lowest BCUT2D eigenvalue weighted by atomic mass is 10.4. The van der Waals surface area contributed by atoms with E-state index >= 15 is 0 Å². The van der Waals surface area contributed by atoms with E-state index in [2.05, 4.69) is 14.5 Å². The van der Waals surface area contributed by atoms with Gasteiger partial charge in [-0.3, -0.25) is 0 Å². The molecule has 0 N–H and O–H groups in total. The number of methoxy groups -OCH3 is 1. The summed E-state index contributed by atoms with van der Waals surface area (Å²) in [7, 11) is 1.70. The Morgan fingerprint density at radius 1 is 1.44 bits per heavy atom. The summed E-state index contributed by atoms with van der Waals surface area (Å²) in [5.74, 6) is 1.49. The molecule has 6 heteroatoms. The Hall–Kier alpha value is -0.840. The topological polar surface area (TPSA) is 39.9 Å². The zero-order valence-electron chi connectivity index (χ0n) is 10.2. The van der Waals surface area contributed by atoms with Crippen molar-refractivity contribution in [2.24, 2.45) is 0 Å². The Labute approximate surface area is 116 Å². The first-order valence-electron chi connectivity index (χ1n) is 5.82. The molecule has 18 heavy (non-hydrogen) atoms. The van der Waals surface area contributed by atoms with E-state index in [4.69, 9.17) is 27.9 Å². The molecule has 0 atom stereocenters. The SMILES string of the molecule is COCCCn1c(CCCl)nc2cc(Cl)cnc21. The molecule has 2 aromatic heterocycles. The molecule has 0 spiro atoms. The third-order valence-electron chi connectivity index (χ3n) is 2.68. The highest BCUT2D eigenvalue weighted by atomic mass is 35.5. The lowest BCUT2D eigenvalue weighted by Gasteiger charge is -2.07. The minimum atomic E-state index is 0.543. The third kappa shape index (κ3) is 2.94. The summed E-state index contributed by atoms with van der Waals surface area (Å²) in [6.07, 6.45) is 3.28. The number of hydrogen-bond donors (Lipinski definition) is 0. The minimum absolute atomic E-state index is 0.543. The molecule has 2 rings (SSSR count). The van der Waals surface area contributed by atoms with Crippen molar-refractivity contribution in [1.82, 2.24) is 14.5 Å². The molecule has 0 bridgehead atoms. The van der Waals surface area contributed by atoms with Gasteiger partial charge in [-0.05, 0) is 12.5 Å². The molecule has 4 nitrogen and oxygen atoms in total. The Balaban J connectivity index is 2.35. The van der Waals surface area contributed by atoms with Crippen molar-refractivity contribution in [1.29, 1.82) is 0 Å². The molecule has 98 valence electrons. The number of nitrogens with zero attached hydrogens (tertiary/aromatic N) is 3. The number of ether oxygens (including phenoxy) is 1. The molecule has 0 saturated carbocycles. The van der Waals surface area contributed by atoms with Gasteiger partial charge >= 0.3 is 0 Å². The molecule has 0 aliphatic rings. The highest BCUT2D eigenvalue weighted by Crippen LogP contribution is 2.19. The zero-order chi connectivity index (χ0) is 13.0. The smallest absolute Gasteiger partial charge is 0.160 e. The predicted molar refractivity (Wildman–Crippen MR) is 73.5 cm³/mol. The van der Waals surface area contributed by atoms with Crippen LogP contribution in [0, 0.1) is 0 Å². The summed E-state index contributed by atoms with van der Waals surface area (Å²) >= 11 is 11.7. The van der Waals surface area contributed by atoms with Crippen LogP contribution in [0.5, 0.6) is 0 Å². The van der Waals surface area contributed by atoms with Crippen LogP contribution in [-0.2, 0) is 17.7 Å². The van der Waals surface area contributed by atoms with Crippen molar-refractivity contribution in [2.75, 3.05) is 19.6 Å². The first kappa shape index (κ1) is 13.6. The van der Waals surface area contributed by atoms with Crippen molar-refractivity contribution in [3.05, 3.63) is 23.1 Å². The van der Waals surface area contributed by atoms with Crippen LogP contribution in [-0.4, -0.2) is 34.1 Å².